The third-order valence-electron chi connectivity index (χ3n) is 12.9. The van der Waals surface area contributed by atoms with Gasteiger partial charge in [0.1, 0.15) is 18.6 Å². The number of aromatic nitrogens is 1. The molecule has 5 N–H and O–H groups in total. The molecule has 1 spiro atoms. The van der Waals surface area contributed by atoms with E-state index in [1.54, 1.807) is 0 Å². The average Bonchev–Trinajstić information content (AvgIpc) is 3.82. The molecule has 1 aromatic heterocycles. The number of aryl methyl sites for hydroxylation is 1. The van der Waals surface area contributed by atoms with E-state index in [-0.39, 0.29) is 31.5 Å². The van der Waals surface area contributed by atoms with Gasteiger partial charge in [0.05, 0.1) is 42.8 Å². The SMILES string of the molecule is COc1c(C)cc2c(c1O)[C@@H]1[C@@H]3[C@@H]4SC[C@]5(N[C@H](CO)Cc6c5[nH]c5ccccc65)C(=O)OC[C@@H](c5c6c(c(C)c(OC(C)=O)c54)OCO6)N3[C@@H](O)[C@H](C2)N1C. The van der Waals surface area contributed by atoms with Crippen LogP contribution in [0.4, 0.5) is 0 Å². The number of carbonyl (C=O) groups excluding carboxylic acids is 2. The van der Waals surface area contributed by atoms with Crippen LogP contribution in [0.2, 0.25) is 0 Å². The Morgan fingerprint density at radius 3 is 2.64 bits per heavy atom. The smallest absolute Gasteiger partial charge is 0.333 e. The lowest BCUT2D eigenvalue weighted by Gasteiger charge is -2.62. The first-order chi connectivity index (χ1) is 27.0. The fraction of sp³-hybridized carbons (Fsp3) is 0.463. The second-order valence-corrected chi connectivity index (χ2v) is 17.0. The number of rotatable bonds is 3. The summed E-state index contributed by atoms with van der Waals surface area (Å²) >= 11 is 1.47. The van der Waals surface area contributed by atoms with Gasteiger partial charge in [0.2, 0.25) is 6.79 Å². The number of benzene rings is 3. The molecule has 3 aromatic carbocycles. The standard InChI is InChI=1S/C41H44N4O10S/c1-17-10-20-11-25-39(49)45-26-14-52-40(50)41(38-23(12-21(13-46)43-41)22-8-6-7-9-24(22)42-38)15-56-37(31(45)30(44(25)4)27(20)32(48)33(17)51-5)29-28(26)36-35(53-16-54-36)18(2)34(29)55-19(3)47/h6-10,21,25-26,30-31,37,39,42-43,46,48-49H,11-16H2,1-5H3/t21-,25-,26-,30+,31+,37+,39-,41+/m0/s1. The van der Waals surface area contributed by atoms with Gasteiger partial charge in [0.25, 0.3) is 0 Å². The summed E-state index contributed by atoms with van der Waals surface area (Å²) < 4.78 is 30.6. The predicted molar refractivity (Wildman–Crippen MR) is 204 cm³/mol. The highest BCUT2D eigenvalue weighted by Crippen LogP contribution is 2.64. The number of para-hydroxylation sites is 1. The largest absolute Gasteiger partial charge is 0.504 e. The first-order valence-corrected chi connectivity index (χ1v) is 20.0. The van der Waals surface area contributed by atoms with Crippen molar-refractivity contribution in [3.63, 3.8) is 0 Å². The molecule has 7 aliphatic rings. The van der Waals surface area contributed by atoms with E-state index in [4.69, 9.17) is 23.7 Å². The lowest BCUT2D eigenvalue weighted by Crippen LogP contribution is -2.70. The van der Waals surface area contributed by atoms with Gasteiger partial charge in [0, 0.05) is 57.9 Å². The minimum atomic E-state index is -1.42. The van der Waals surface area contributed by atoms with E-state index in [9.17, 15) is 24.9 Å². The van der Waals surface area contributed by atoms with Crippen LogP contribution in [-0.4, -0.2) is 106 Å². The summed E-state index contributed by atoms with van der Waals surface area (Å²) in [5, 5.41) is 39.2. The molecule has 8 atom stereocenters. The molecule has 7 aliphatic heterocycles. The first kappa shape index (κ1) is 35.9. The minimum Gasteiger partial charge on any atom is -0.504 e. The molecule has 0 saturated carbocycles. The molecule has 0 amide bonds. The number of aliphatic hydroxyl groups excluding tert-OH is 2. The molecule has 4 aromatic rings. The predicted octanol–water partition coefficient (Wildman–Crippen LogP) is 3.54. The van der Waals surface area contributed by atoms with E-state index in [0.29, 0.717) is 63.8 Å². The number of hydrogen-bond acceptors (Lipinski definition) is 14. The molecule has 2 fully saturated rings. The van der Waals surface area contributed by atoms with Gasteiger partial charge in [0.15, 0.2) is 28.5 Å². The number of phenols is 1. The maximum atomic E-state index is 14.9. The van der Waals surface area contributed by atoms with Crippen molar-refractivity contribution in [3.05, 3.63) is 75.0 Å². The highest BCUT2D eigenvalue weighted by Gasteiger charge is 2.62. The molecule has 14 nitrogen and oxygen atoms in total. The summed E-state index contributed by atoms with van der Waals surface area (Å²) in [5.74, 6) is 0.732. The van der Waals surface area contributed by atoms with Crippen molar-refractivity contribution in [2.24, 2.45) is 0 Å². The number of aromatic amines is 1. The van der Waals surface area contributed by atoms with Gasteiger partial charge in [-0.1, -0.05) is 24.3 Å². The van der Waals surface area contributed by atoms with Crippen LogP contribution in [0.25, 0.3) is 10.9 Å². The normalized spacial score (nSPS) is 30.3. The van der Waals surface area contributed by atoms with Crippen molar-refractivity contribution >= 4 is 34.6 Å². The van der Waals surface area contributed by atoms with E-state index >= 15 is 0 Å². The molecule has 0 aliphatic carbocycles. The fourth-order valence-electron chi connectivity index (χ4n) is 10.7. The third-order valence-corrected chi connectivity index (χ3v) is 14.4. The topological polar surface area (TPSA) is 175 Å². The van der Waals surface area contributed by atoms with Crippen LogP contribution >= 0.6 is 11.8 Å². The van der Waals surface area contributed by atoms with Gasteiger partial charge in [-0.25, -0.2) is 4.79 Å². The molecule has 15 heteroatoms. The lowest BCUT2D eigenvalue weighted by atomic mass is 9.73. The molecule has 4 bridgehead atoms. The molecule has 0 radical (unpaired) electrons. The number of carbonyl (C=O) groups is 2. The van der Waals surface area contributed by atoms with Crippen molar-refractivity contribution in [1.82, 2.24) is 20.1 Å². The maximum absolute atomic E-state index is 14.9. The fourth-order valence-corrected chi connectivity index (χ4v) is 12.3. The number of esters is 2. The zero-order valence-electron chi connectivity index (χ0n) is 31.7. The monoisotopic (exact) mass is 784 g/mol. The number of nitrogens with zero attached hydrogens (tertiary/aromatic N) is 2. The van der Waals surface area contributed by atoms with Crippen molar-refractivity contribution < 1.29 is 48.6 Å². The number of fused-ring (bicyclic) bond motifs is 11. The second-order valence-electron chi connectivity index (χ2n) is 15.8. The van der Waals surface area contributed by atoms with Gasteiger partial charge in [-0.05, 0) is 56.5 Å². The number of phenolic OH excluding ortho intramolecular Hbond substituents is 1. The number of aromatic hydroxyl groups is 1. The number of thioether (sulfide) groups is 1. The number of piperazine rings is 1. The Morgan fingerprint density at radius 2 is 1.88 bits per heavy atom. The summed E-state index contributed by atoms with van der Waals surface area (Å²) in [6.07, 6.45) is -0.0981. The molecule has 56 heavy (non-hydrogen) atoms. The number of hydrogen-bond donors (Lipinski definition) is 5. The maximum Gasteiger partial charge on any atom is 0.333 e. The minimum absolute atomic E-state index is 0.0414. The lowest BCUT2D eigenvalue weighted by molar-refractivity contribution is -0.186. The summed E-state index contributed by atoms with van der Waals surface area (Å²) in [5.41, 5.74) is 5.36. The summed E-state index contributed by atoms with van der Waals surface area (Å²) in [6, 6.07) is 7.21. The van der Waals surface area contributed by atoms with Gasteiger partial charge < -0.3 is 44.0 Å². The molecule has 8 heterocycles. The zero-order chi connectivity index (χ0) is 38.9. The highest BCUT2D eigenvalue weighted by atomic mass is 32.2. The van der Waals surface area contributed by atoms with Gasteiger partial charge in [-0.15, -0.1) is 11.8 Å². The molecule has 11 rings (SSSR count). The van der Waals surface area contributed by atoms with Gasteiger partial charge >= 0.3 is 11.9 Å². The number of nitrogens with one attached hydrogen (secondary N) is 2. The molecule has 0 unspecified atom stereocenters. The van der Waals surface area contributed by atoms with Crippen molar-refractivity contribution in [3.8, 4) is 28.7 Å². The third kappa shape index (κ3) is 4.75. The van der Waals surface area contributed by atoms with E-state index in [1.807, 2.05) is 56.1 Å². The molecular weight excluding hydrogens is 741 g/mol. The van der Waals surface area contributed by atoms with Gasteiger partial charge in [-0.3, -0.25) is 19.9 Å². The second kappa shape index (κ2) is 12.7. The average molecular weight is 785 g/mol. The Hall–Kier alpha value is -4.51. The van der Waals surface area contributed by atoms with Crippen molar-refractivity contribution in [2.45, 2.75) is 80.8 Å². The van der Waals surface area contributed by atoms with Crippen LogP contribution < -0.4 is 24.3 Å². The van der Waals surface area contributed by atoms with Crippen molar-refractivity contribution in [2.75, 3.05) is 39.9 Å². The van der Waals surface area contributed by atoms with E-state index in [2.05, 4.69) is 15.2 Å². The van der Waals surface area contributed by atoms with E-state index < -0.39 is 59.2 Å². The molecule has 294 valence electrons. The van der Waals surface area contributed by atoms with Crippen molar-refractivity contribution in [1.29, 1.82) is 0 Å². The Labute approximate surface area is 327 Å². The molecule has 2 saturated heterocycles. The Morgan fingerprint density at radius 1 is 1.09 bits per heavy atom. The number of aliphatic hydroxyl groups is 2. The number of methoxy groups -OCH3 is 1. The van der Waals surface area contributed by atoms with Crippen LogP contribution in [0, 0.1) is 13.8 Å². The van der Waals surface area contributed by atoms with Crippen LogP contribution in [0.15, 0.2) is 30.3 Å². The number of H-pyrrole nitrogens is 1. The number of ether oxygens (including phenoxy) is 5. The van der Waals surface area contributed by atoms with E-state index in [1.165, 1.54) is 25.8 Å². The number of likely N-dealkylation sites (N-methyl/N-ethyl adjacent to an activating group) is 1. The highest BCUT2D eigenvalue weighted by molar-refractivity contribution is 7.99. The first-order valence-electron chi connectivity index (χ1n) is 19.0. The molecular formula is C41H44N4O10S. The van der Waals surface area contributed by atoms with Crippen LogP contribution in [0.1, 0.15) is 68.9 Å². The van der Waals surface area contributed by atoms with Crippen LogP contribution in [0.5, 0.6) is 28.7 Å². The van der Waals surface area contributed by atoms with E-state index in [0.717, 1.165) is 27.6 Å². The summed E-state index contributed by atoms with van der Waals surface area (Å²) in [6.45, 7) is 4.62. The van der Waals surface area contributed by atoms with Gasteiger partial charge in [-0.2, -0.15) is 0 Å². The Kier molecular flexibility index (Phi) is 8.17. The summed E-state index contributed by atoms with van der Waals surface area (Å²) in [7, 11) is 3.51. The quantitative estimate of drug-likeness (QED) is 0.151. The Balaban J connectivity index is 1.25. The Bertz CT molecular complexity index is 2350. The van der Waals surface area contributed by atoms with Crippen LogP contribution in [0.3, 0.4) is 0 Å². The summed E-state index contributed by atoms with van der Waals surface area (Å²) in [4.78, 5) is 35.6. The van der Waals surface area contributed by atoms with Crippen LogP contribution in [-0.2, 0) is 32.7 Å². The zero-order valence-corrected chi connectivity index (χ0v) is 32.5.